The molecule has 170 valence electrons. The van der Waals surface area contributed by atoms with E-state index in [1.165, 1.54) is 4.90 Å². The first kappa shape index (κ1) is 21.9. The number of nitrogens with zero attached hydrogens (tertiary/aromatic N) is 4. The van der Waals surface area contributed by atoms with Crippen LogP contribution >= 0.6 is 0 Å². The van der Waals surface area contributed by atoms with Gasteiger partial charge < -0.3 is 14.5 Å². The SMILES string of the molecule is CCCCCCN1C(=O)C2C(NC3N(c4ccc(OCC)cc4)CCCN23)N(C)C1=O. The Hall–Kier alpha value is -2.32. The van der Waals surface area contributed by atoms with Crippen LogP contribution in [-0.4, -0.2) is 78.4 Å². The van der Waals surface area contributed by atoms with Crippen LogP contribution in [0.1, 0.15) is 46.0 Å². The third-order valence-corrected chi connectivity index (χ3v) is 6.58. The fraction of sp³-hybridized carbons (Fsp3) is 0.652. The number of hydrogen-bond donors (Lipinski definition) is 1. The number of ether oxygens (including phenoxy) is 1. The number of imide groups is 1. The van der Waals surface area contributed by atoms with Gasteiger partial charge in [-0.15, -0.1) is 0 Å². The van der Waals surface area contributed by atoms with E-state index in [0.717, 1.165) is 56.6 Å². The van der Waals surface area contributed by atoms with Crippen LogP contribution in [-0.2, 0) is 4.79 Å². The zero-order chi connectivity index (χ0) is 22.0. The zero-order valence-electron chi connectivity index (χ0n) is 18.9. The van der Waals surface area contributed by atoms with Crippen molar-refractivity contribution in [1.29, 1.82) is 0 Å². The second-order valence-corrected chi connectivity index (χ2v) is 8.59. The molecule has 3 aliphatic rings. The predicted molar refractivity (Wildman–Crippen MR) is 120 cm³/mol. The van der Waals surface area contributed by atoms with E-state index in [9.17, 15) is 9.59 Å². The maximum Gasteiger partial charge on any atom is 0.327 e. The minimum atomic E-state index is -0.343. The van der Waals surface area contributed by atoms with Crippen molar-refractivity contribution in [2.24, 2.45) is 0 Å². The molecule has 0 radical (unpaired) electrons. The number of rotatable bonds is 8. The molecule has 3 unspecified atom stereocenters. The molecule has 3 heterocycles. The Kier molecular flexibility index (Phi) is 6.67. The third kappa shape index (κ3) is 4.11. The molecule has 31 heavy (non-hydrogen) atoms. The van der Waals surface area contributed by atoms with Crippen LogP contribution in [0.25, 0.3) is 0 Å². The molecule has 3 atom stereocenters. The summed E-state index contributed by atoms with van der Waals surface area (Å²) >= 11 is 0. The molecule has 0 spiro atoms. The van der Waals surface area contributed by atoms with E-state index in [-0.39, 0.29) is 30.4 Å². The highest BCUT2D eigenvalue weighted by Crippen LogP contribution is 2.33. The summed E-state index contributed by atoms with van der Waals surface area (Å²) in [6.07, 6.45) is 4.72. The normalized spacial score (nSPS) is 26.3. The van der Waals surface area contributed by atoms with Gasteiger partial charge in [-0.05, 0) is 44.0 Å². The van der Waals surface area contributed by atoms with E-state index in [2.05, 4.69) is 34.2 Å². The van der Waals surface area contributed by atoms with Crippen molar-refractivity contribution in [2.75, 3.05) is 38.2 Å². The number of carbonyl (C=O) groups is 2. The van der Waals surface area contributed by atoms with Crippen molar-refractivity contribution >= 4 is 17.6 Å². The molecule has 0 aliphatic carbocycles. The number of carbonyl (C=O) groups excluding carboxylic acids is 2. The van der Waals surface area contributed by atoms with Gasteiger partial charge in [0.2, 0.25) is 0 Å². The summed E-state index contributed by atoms with van der Waals surface area (Å²) < 4.78 is 5.57. The van der Waals surface area contributed by atoms with Gasteiger partial charge in [0.25, 0.3) is 5.91 Å². The summed E-state index contributed by atoms with van der Waals surface area (Å²) in [5.74, 6) is 0.792. The molecule has 4 rings (SSSR count). The van der Waals surface area contributed by atoms with Crippen molar-refractivity contribution in [2.45, 2.75) is 64.4 Å². The molecule has 0 saturated carbocycles. The summed E-state index contributed by atoms with van der Waals surface area (Å²) in [5.41, 5.74) is 1.09. The molecule has 1 N–H and O–H groups in total. The Morgan fingerprint density at radius 3 is 2.55 bits per heavy atom. The van der Waals surface area contributed by atoms with Crippen LogP contribution in [0.3, 0.4) is 0 Å². The van der Waals surface area contributed by atoms with E-state index >= 15 is 0 Å². The Labute approximate surface area is 185 Å². The summed E-state index contributed by atoms with van der Waals surface area (Å²) in [6.45, 7) is 7.01. The summed E-state index contributed by atoms with van der Waals surface area (Å²) in [5, 5.41) is 3.57. The Morgan fingerprint density at radius 1 is 1.06 bits per heavy atom. The van der Waals surface area contributed by atoms with Crippen LogP contribution < -0.4 is 15.0 Å². The van der Waals surface area contributed by atoms with E-state index in [1.807, 2.05) is 19.1 Å². The van der Waals surface area contributed by atoms with Crippen molar-refractivity contribution in [3.63, 3.8) is 0 Å². The monoisotopic (exact) mass is 429 g/mol. The summed E-state index contributed by atoms with van der Waals surface area (Å²) in [6, 6.07) is 7.56. The first-order chi connectivity index (χ1) is 15.1. The standard InChI is InChI=1S/C23H35N5O3/c1-4-6-7-8-14-28-21(29)19-20(25(3)23(28)30)24-22-26(15-9-16-27(19)22)17-10-12-18(13-11-17)31-5-2/h10-13,19-20,22,24H,4-9,14-16H2,1-3H3. The van der Waals surface area contributed by atoms with Gasteiger partial charge in [-0.25, -0.2) is 4.79 Å². The van der Waals surface area contributed by atoms with Gasteiger partial charge in [-0.1, -0.05) is 26.2 Å². The van der Waals surface area contributed by atoms with Gasteiger partial charge in [-0.2, -0.15) is 0 Å². The number of benzene rings is 1. The van der Waals surface area contributed by atoms with Crippen molar-refractivity contribution < 1.29 is 14.3 Å². The second-order valence-electron chi connectivity index (χ2n) is 8.59. The van der Waals surface area contributed by atoms with Crippen LogP contribution in [0, 0.1) is 0 Å². The fourth-order valence-electron chi connectivity index (χ4n) is 4.99. The van der Waals surface area contributed by atoms with Crippen LogP contribution in [0.4, 0.5) is 10.5 Å². The average Bonchev–Trinajstić information content (AvgIpc) is 3.18. The number of likely N-dealkylation sites (N-methyl/N-ethyl adjacent to an activating group) is 1. The van der Waals surface area contributed by atoms with E-state index in [1.54, 1.807) is 11.9 Å². The third-order valence-electron chi connectivity index (χ3n) is 6.58. The number of nitrogens with one attached hydrogen (secondary N) is 1. The van der Waals surface area contributed by atoms with Crippen LogP contribution in [0.5, 0.6) is 5.75 Å². The van der Waals surface area contributed by atoms with Gasteiger partial charge in [0.05, 0.1) is 6.61 Å². The van der Waals surface area contributed by atoms with E-state index < -0.39 is 0 Å². The molecule has 3 fully saturated rings. The second kappa shape index (κ2) is 9.44. The average molecular weight is 430 g/mol. The maximum atomic E-state index is 13.4. The molecule has 8 heteroatoms. The summed E-state index contributed by atoms with van der Waals surface area (Å²) in [7, 11) is 1.80. The topological polar surface area (TPSA) is 68.4 Å². The molecule has 3 saturated heterocycles. The summed E-state index contributed by atoms with van der Waals surface area (Å²) in [4.78, 5) is 34.0. The number of amides is 3. The highest BCUT2D eigenvalue weighted by atomic mass is 16.5. The zero-order valence-corrected chi connectivity index (χ0v) is 18.9. The highest BCUT2D eigenvalue weighted by molar-refractivity contribution is 6.00. The van der Waals surface area contributed by atoms with Crippen molar-refractivity contribution in [3.05, 3.63) is 24.3 Å². The number of anilines is 1. The molecule has 1 aromatic carbocycles. The smallest absolute Gasteiger partial charge is 0.327 e. The lowest BCUT2D eigenvalue weighted by molar-refractivity contribution is -0.138. The highest BCUT2D eigenvalue weighted by Gasteiger charge is 2.55. The molecule has 1 aromatic rings. The van der Waals surface area contributed by atoms with Gasteiger partial charge in [0, 0.05) is 32.4 Å². The largest absolute Gasteiger partial charge is 0.494 e. The minimum absolute atomic E-state index is 0.0619. The Bertz CT molecular complexity index is 786. The van der Waals surface area contributed by atoms with E-state index in [0.29, 0.717) is 13.2 Å². The number of urea groups is 1. The van der Waals surface area contributed by atoms with Gasteiger partial charge in [0.15, 0.2) is 0 Å². The quantitative estimate of drug-likeness (QED) is 0.641. The molecule has 3 aliphatic heterocycles. The Morgan fingerprint density at radius 2 is 1.84 bits per heavy atom. The number of fused-ring (bicyclic) bond motifs is 3. The van der Waals surface area contributed by atoms with Crippen LogP contribution in [0.15, 0.2) is 24.3 Å². The van der Waals surface area contributed by atoms with Crippen molar-refractivity contribution in [3.8, 4) is 5.75 Å². The lowest BCUT2D eigenvalue weighted by Crippen LogP contribution is -2.66. The van der Waals surface area contributed by atoms with Gasteiger partial charge >= 0.3 is 6.03 Å². The number of hydrogen-bond acceptors (Lipinski definition) is 6. The molecule has 8 nitrogen and oxygen atoms in total. The van der Waals surface area contributed by atoms with Gasteiger partial charge in [0.1, 0.15) is 24.2 Å². The maximum absolute atomic E-state index is 13.4. The molecular formula is C23H35N5O3. The predicted octanol–water partition coefficient (Wildman–Crippen LogP) is 2.65. The minimum Gasteiger partial charge on any atom is -0.494 e. The molecule has 0 bridgehead atoms. The van der Waals surface area contributed by atoms with Crippen molar-refractivity contribution in [1.82, 2.24) is 20.0 Å². The molecule has 0 aromatic heterocycles. The van der Waals surface area contributed by atoms with Crippen LogP contribution in [0.2, 0.25) is 0 Å². The first-order valence-electron chi connectivity index (χ1n) is 11.7. The lowest BCUT2D eigenvalue weighted by Gasteiger charge is -2.44. The lowest BCUT2D eigenvalue weighted by atomic mass is 10.1. The first-order valence-corrected chi connectivity index (χ1v) is 11.7. The fourth-order valence-corrected chi connectivity index (χ4v) is 4.99. The molecular weight excluding hydrogens is 394 g/mol. The van der Waals surface area contributed by atoms with Gasteiger partial charge in [-0.3, -0.25) is 19.9 Å². The Balaban J connectivity index is 1.52. The number of unbranched alkanes of at least 4 members (excludes halogenated alkanes) is 3. The van der Waals surface area contributed by atoms with E-state index in [4.69, 9.17) is 4.74 Å². The molecule has 3 amide bonds.